The van der Waals surface area contributed by atoms with Gasteiger partial charge in [0.1, 0.15) is 0 Å². The van der Waals surface area contributed by atoms with E-state index < -0.39 is 0 Å². The van der Waals surface area contributed by atoms with Crippen LogP contribution in [-0.4, -0.2) is 37.0 Å². The summed E-state index contributed by atoms with van der Waals surface area (Å²) in [6.45, 7) is 3.82. The Morgan fingerprint density at radius 2 is 2.27 bits per heavy atom. The van der Waals surface area contributed by atoms with Crippen molar-refractivity contribution in [2.24, 2.45) is 5.11 Å². The number of nitrogens with one attached hydrogen (secondary N) is 3. The fraction of sp³-hybridized carbons (Fsp3) is 0.500. The summed E-state index contributed by atoms with van der Waals surface area (Å²) in [6, 6.07) is 0. The molecule has 1 aliphatic rings. The Morgan fingerprint density at radius 1 is 1.53 bits per heavy atom. The van der Waals surface area contributed by atoms with Crippen LogP contribution in [0.15, 0.2) is 11.3 Å². The van der Waals surface area contributed by atoms with Crippen molar-refractivity contribution < 1.29 is 0 Å². The van der Waals surface area contributed by atoms with Gasteiger partial charge in [0.15, 0.2) is 11.0 Å². The van der Waals surface area contributed by atoms with Gasteiger partial charge in [-0.2, -0.15) is 0 Å². The molecule has 0 spiro atoms. The highest BCUT2D eigenvalue weighted by atomic mass is 32.1. The van der Waals surface area contributed by atoms with Crippen LogP contribution in [0.5, 0.6) is 0 Å². The van der Waals surface area contributed by atoms with Crippen LogP contribution in [0.1, 0.15) is 4.88 Å². The average Bonchev–Trinajstić information content (AvgIpc) is 2.78. The van der Waals surface area contributed by atoms with Crippen LogP contribution in [0.25, 0.3) is 0 Å². The van der Waals surface area contributed by atoms with Gasteiger partial charge in [0.25, 0.3) is 0 Å². The normalized spacial score (nSPS) is 16.4. The van der Waals surface area contributed by atoms with Crippen LogP contribution in [-0.2, 0) is 0 Å². The molecule has 0 aromatic carbocycles. The lowest BCUT2D eigenvalue weighted by molar-refractivity contribution is 0.588. The Labute approximate surface area is 91.3 Å². The van der Waals surface area contributed by atoms with Gasteiger partial charge in [0.2, 0.25) is 0 Å². The molecule has 2 heterocycles. The van der Waals surface area contributed by atoms with Gasteiger partial charge in [-0.3, -0.25) is 5.41 Å². The van der Waals surface area contributed by atoms with Gasteiger partial charge in [0.05, 0.1) is 11.1 Å². The lowest BCUT2D eigenvalue weighted by atomic mass is 10.4. The summed E-state index contributed by atoms with van der Waals surface area (Å²) in [6.07, 6.45) is 1.61. The molecule has 7 heteroatoms. The van der Waals surface area contributed by atoms with Crippen molar-refractivity contribution in [3.8, 4) is 0 Å². The molecular formula is C8H12N6S. The minimum Gasteiger partial charge on any atom is -0.346 e. The van der Waals surface area contributed by atoms with Crippen LogP contribution in [0.2, 0.25) is 0 Å². The minimum absolute atomic E-state index is 0.0196. The van der Waals surface area contributed by atoms with Crippen molar-refractivity contribution in [2.45, 2.75) is 0 Å². The van der Waals surface area contributed by atoms with Crippen LogP contribution in [0.4, 0.5) is 5.13 Å². The van der Waals surface area contributed by atoms with Gasteiger partial charge >= 0.3 is 0 Å². The molecular weight excluding hydrogens is 212 g/mol. The summed E-state index contributed by atoms with van der Waals surface area (Å²) in [5.41, 5.74) is 6.76. The van der Waals surface area contributed by atoms with Crippen molar-refractivity contribution in [3.63, 3.8) is 0 Å². The lowest BCUT2D eigenvalue weighted by Gasteiger charge is -2.26. The lowest BCUT2D eigenvalue weighted by Crippen LogP contribution is -2.43. The molecule has 1 saturated heterocycles. The van der Waals surface area contributed by atoms with Gasteiger partial charge in [-0.05, 0) is 0 Å². The molecule has 1 aliphatic heterocycles. The van der Waals surface area contributed by atoms with E-state index in [9.17, 15) is 0 Å². The van der Waals surface area contributed by atoms with E-state index in [-0.39, 0.29) is 5.84 Å². The molecule has 1 fully saturated rings. The highest BCUT2D eigenvalue weighted by molar-refractivity contribution is 7.17. The molecule has 15 heavy (non-hydrogen) atoms. The van der Waals surface area contributed by atoms with Crippen molar-refractivity contribution in [1.82, 2.24) is 10.3 Å². The predicted molar refractivity (Wildman–Crippen MR) is 59.2 cm³/mol. The molecule has 1 aromatic rings. The van der Waals surface area contributed by atoms with E-state index in [0.29, 0.717) is 4.88 Å². The number of anilines is 1. The zero-order chi connectivity index (χ0) is 10.7. The van der Waals surface area contributed by atoms with Crippen molar-refractivity contribution in [1.29, 1.82) is 10.9 Å². The fourth-order valence-corrected chi connectivity index (χ4v) is 2.29. The third kappa shape index (κ3) is 2.18. The SMILES string of the molecule is N=NC(=N)c1cnc(N2CCNCC2)s1. The number of hydrogen-bond donors (Lipinski definition) is 3. The smallest absolute Gasteiger partial charge is 0.186 e. The Hall–Kier alpha value is -1.34. The molecule has 0 aliphatic carbocycles. The van der Waals surface area contributed by atoms with E-state index in [4.69, 9.17) is 10.9 Å². The quantitative estimate of drug-likeness (QED) is 0.396. The molecule has 2 rings (SSSR count). The number of hydrogen-bond acceptors (Lipinski definition) is 6. The van der Waals surface area contributed by atoms with Crippen LogP contribution in [0.3, 0.4) is 0 Å². The average molecular weight is 224 g/mol. The number of thiazole rings is 1. The molecule has 1 aromatic heterocycles. The monoisotopic (exact) mass is 224 g/mol. The molecule has 0 unspecified atom stereocenters. The van der Waals surface area contributed by atoms with Crippen LogP contribution in [0, 0.1) is 10.9 Å². The van der Waals surface area contributed by atoms with Crippen molar-refractivity contribution in [2.75, 3.05) is 31.1 Å². The maximum absolute atomic E-state index is 7.39. The molecule has 0 bridgehead atoms. The summed E-state index contributed by atoms with van der Waals surface area (Å²) in [5, 5.41) is 14.7. The molecule has 80 valence electrons. The van der Waals surface area contributed by atoms with Crippen LogP contribution < -0.4 is 10.2 Å². The number of amidine groups is 1. The van der Waals surface area contributed by atoms with E-state index in [1.165, 1.54) is 11.3 Å². The zero-order valence-electron chi connectivity index (χ0n) is 8.16. The van der Waals surface area contributed by atoms with E-state index in [2.05, 4.69) is 20.3 Å². The number of aromatic nitrogens is 1. The Bertz CT molecular complexity index is 367. The summed E-state index contributed by atoms with van der Waals surface area (Å²) >= 11 is 1.42. The number of nitrogens with zero attached hydrogens (tertiary/aromatic N) is 3. The molecule has 0 atom stereocenters. The molecule has 6 nitrogen and oxygen atoms in total. The van der Waals surface area contributed by atoms with E-state index in [1.54, 1.807) is 6.20 Å². The number of piperazine rings is 1. The Kier molecular flexibility index (Phi) is 3.02. The standard InChI is InChI=1S/C8H12N6S/c9-7(13-10)6-5-12-8(15-6)14-3-1-11-2-4-14/h5,9-11H,1-4H2. The van der Waals surface area contributed by atoms with Gasteiger partial charge in [-0.25, -0.2) is 10.5 Å². The second kappa shape index (κ2) is 4.45. The molecule has 0 radical (unpaired) electrons. The van der Waals surface area contributed by atoms with E-state index in [1.807, 2.05) is 0 Å². The molecule has 0 amide bonds. The largest absolute Gasteiger partial charge is 0.346 e. The first-order chi connectivity index (χ1) is 7.31. The Balaban J connectivity index is 2.11. The zero-order valence-corrected chi connectivity index (χ0v) is 8.97. The van der Waals surface area contributed by atoms with Crippen LogP contribution >= 0.6 is 11.3 Å². The Morgan fingerprint density at radius 3 is 2.93 bits per heavy atom. The summed E-state index contributed by atoms with van der Waals surface area (Å²) in [5.74, 6) is -0.0196. The number of rotatable bonds is 2. The first kappa shape index (κ1) is 10.2. The first-order valence-electron chi connectivity index (χ1n) is 4.69. The molecule has 3 N–H and O–H groups in total. The maximum atomic E-state index is 7.39. The second-order valence-corrected chi connectivity index (χ2v) is 4.21. The first-order valence-corrected chi connectivity index (χ1v) is 5.51. The highest BCUT2D eigenvalue weighted by Gasteiger charge is 2.15. The maximum Gasteiger partial charge on any atom is 0.186 e. The van der Waals surface area contributed by atoms with Gasteiger partial charge < -0.3 is 10.2 Å². The van der Waals surface area contributed by atoms with E-state index in [0.717, 1.165) is 31.3 Å². The highest BCUT2D eigenvalue weighted by Crippen LogP contribution is 2.23. The third-order valence-electron chi connectivity index (χ3n) is 2.23. The van der Waals surface area contributed by atoms with Crippen molar-refractivity contribution in [3.05, 3.63) is 11.1 Å². The van der Waals surface area contributed by atoms with E-state index >= 15 is 0 Å². The topological polar surface area (TPSA) is 88.2 Å². The molecule has 0 saturated carbocycles. The predicted octanol–water partition coefficient (Wildman–Crippen LogP) is 0.909. The summed E-state index contributed by atoms with van der Waals surface area (Å²) in [4.78, 5) is 7.08. The third-order valence-corrected chi connectivity index (χ3v) is 3.29. The van der Waals surface area contributed by atoms with Gasteiger partial charge in [-0.15, -0.1) is 5.11 Å². The summed E-state index contributed by atoms with van der Waals surface area (Å²) < 4.78 is 0. The van der Waals surface area contributed by atoms with Crippen molar-refractivity contribution >= 4 is 22.3 Å². The van der Waals surface area contributed by atoms with Gasteiger partial charge in [-0.1, -0.05) is 11.3 Å². The second-order valence-electron chi connectivity index (χ2n) is 3.20. The van der Waals surface area contributed by atoms with Gasteiger partial charge in [0, 0.05) is 26.2 Å². The minimum atomic E-state index is -0.0196. The fourth-order valence-electron chi connectivity index (χ4n) is 1.43. The summed E-state index contributed by atoms with van der Waals surface area (Å²) in [7, 11) is 0.